The van der Waals surface area contributed by atoms with Crippen molar-refractivity contribution in [3.8, 4) is 0 Å². The van der Waals surface area contributed by atoms with E-state index in [9.17, 15) is 0 Å². The second kappa shape index (κ2) is 2.67. The Balaban J connectivity index is 1.97. The van der Waals surface area contributed by atoms with Crippen LogP contribution >= 0.6 is 0 Å². The van der Waals surface area contributed by atoms with Crippen LogP contribution in [0.25, 0.3) is 0 Å². The van der Waals surface area contributed by atoms with E-state index < -0.39 is 0 Å². The summed E-state index contributed by atoms with van der Waals surface area (Å²) in [4.78, 5) is 0. The van der Waals surface area contributed by atoms with Crippen molar-refractivity contribution in [2.45, 2.75) is 19.3 Å². The van der Waals surface area contributed by atoms with E-state index in [1.165, 1.54) is 19.3 Å². The van der Waals surface area contributed by atoms with E-state index in [0.717, 1.165) is 0 Å². The Kier molecular flexibility index (Phi) is 1.62. The van der Waals surface area contributed by atoms with Gasteiger partial charge < -0.3 is 0 Å². The molecule has 0 bridgehead atoms. The summed E-state index contributed by atoms with van der Waals surface area (Å²) in [5, 5.41) is 0. The quantitative estimate of drug-likeness (QED) is 0.603. The number of hydrogen-bond donors (Lipinski definition) is 0. The van der Waals surface area contributed by atoms with Gasteiger partial charge >= 0.3 is 84.5 Å². The Morgan fingerprint density at radius 2 is 1.50 bits per heavy atom. The molecule has 0 amide bonds. The first kappa shape index (κ1) is 7.27. The molecule has 0 radical (unpaired) electrons. The molecule has 1 heterocycles. The zero-order valence-corrected chi connectivity index (χ0v) is 9.39. The number of allylic oxidation sites excluding steroid dienone is 8. The number of hydrogen-bond acceptors (Lipinski definition) is 0. The molecule has 0 unspecified atom stereocenters. The maximum absolute atomic E-state index is 2.35. The first-order valence-electron chi connectivity index (χ1n) is 4.47. The van der Waals surface area contributed by atoms with Crippen LogP contribution in [0.15, 0.2) is 42.0 Å². The van der Waals surface area contributed by atoms with Gasteiger partial charge in [0.05, 0.1) is 0 Å². The molecule has 3 aliphatic rings. The minimum atomic E-state index is -0.280. The Morgan fingerprint density at radius 3 is 2.08 bits per heavy atom. The van der Waals surface area contributed by atoms with Gasteiger partial charge in [-0.3, -0.25) is 0 Å². The van der Waals surface area contributed by atoms with Crippen LogP contribution in [-0.4, -0.2) is 0 Å². The fourth-order valence-corrected chi connectivity index (χ4v) is 5.69. The van der Waals surface area contributed by atoms with Crippen molar-refractivity contribution in [1.29, 1.82) is 0 Å². The van der Waals surface area contributed by atoms with E-state index in [-0.39, 0.29) is 23.2 Å². The average molecular weight is 233 g/mol. The summed E-state index contributed by atoms with van der Waals surface area (Å²) in [7, 11) is 0. The van der Waals surface area contributed by atoms with Crippen molar-refractivity contribution in [2.24, 2.45) is 0 Å². The van der Waals surface area contributed by atoms with Gasteiger partial charge in [0.2, 0.25) is 0 Å². The van der Waals surface area contributed by atoms with Gasteiger partial charge in [0.15, 0.2) is 0 Å². The molecule has 12 heavy (non-hydrogen) atoms. The maximum atomic E-state index is 2.35. The van der Waals surface area contributed by atoms with Crippen molar-refractivity contribution in [1.82, 2.24) is 0 Å². The van der Waals surface area contributed by atoms with E-state index in [0.29, 0.717) is 0 Å². The van der Waals surface area contributed by atoms with Crippen molar-refractivity contribution in [3.05, 3.63) is 42.0 Å². The third-order valence-electron chi connectivity index (χ3n) is 2.74. The van der Waals surface area contributed by atoms with Gasteiger partial charge in [0.1, 0.15) is 0 Å². The van der Waals surface area contributed by atoms with Crippen LogP contribution in [0.5, 0.6) is 0 Å². The third-order valence-corrected chi connectivity index (χ3v) is 6.81. The SMILES string of the molecule is C1=CC2=[C](C1)[Zr][C]1=C(C=CC1)C2. The monoisotopic (exact) mass is 232 g/mol. The molecule has 1 heteroatoms. The summed E-state index contributed by atoms with van der Waals surface area (Å²) < 4.78 is 3.70. The summed E-state index contributed by atoms with van der Waals surface area (Å²) in [5.74, 6) is 0. The van der Waals surface area contributed by atoms with Crippen LogP contribution in [0.1, 0.15) is 19.3 Å². The molecule has 0 saturated carbocycles. The van der Waals surface area contributed by atoms with E-state index >= 15 is 0 Å². The Hall–Kier alpha value is -0.157. The van der Waals surface area contributed by atoms with E-state index in [1.807, 2.05) is 6.56 Å². The zero-order valence-electron chi connectivity index (χ0n) is 6.93. The summed E-state index contributed by atoms with van der Waals surface area (Å²) in [6.45, 7) is 0. The second-order valence-electron chi connectivity index (χ2n) is 3.52. The molecule has 2 aliphatic carbocycles. The van der Waals surface area contributed by atoms with Gasteiger partial charge in [-0.2, -0.15) is 0 Å². The van der Waals surface area contributed by atoms with Crippen molar-refractivity contribution in [2.75, 3.05) is 0 Å². The van der Waals surface area contributed by atoms with Crippen molar-refractivity contribution < 1.29 is 23.2 Å². The molecule has 0 fully saturated rings. The molecule has 0 aromatic carbocycles. The normalized spacial score (nSPS) is 24.7. The van der Waals surface area contributed by atoms with Crippen LogP contribution in [0.4, 0.5) is 0 Å². The first-order valence-corrected chi connectivity index (χ1v) is 6.93. The Labute approximate surface area is 84.3 Å². The van der Waals surface area contributed by atoms with Gasteiger partial charge in [-0.25, -0.2) is 0 Å². The van der Waals surface area contributed by atoms with Crippen LogP contribution in [0, 0.1) is 0 Å². The van der Waals surface area contributed by atoms with Crippen molar-refractivity contribution in [3.63, 3.8) is 0 Å². The molecule has 0 saturated heterocycles. The van der Waals surface area contributed by atoms with Crippen LogP contribution in [0.3, 0.4) is 0 Å². The molecule has 3 rings (SSSR count). The Morgan fingerprint density at radius 1 is 0.917 bits per heavy atom. The summed E-state index contributed by atoms with van der Waals surface area (Å²) in [5.41, 5.74) is 3.35. The fourth-order valence-electron chi connectivity index (χ4n) is 2.08. The molecule has 0 spiro atoms. The van der Waals surface area contributed by atoms with E-state index in [1.54, 1.807) is 11.1 Å². The van der Waals surface area contributed by atoms with Gasteiger partial charge in [-0.05, 0) is 0 Å². The first-order chi connectivity index (χ1) is 5.93. The molecule has 0 nitrogen and oxygen atoms in total. The van der Waals surface area contributed by atoms with Crippen LogP contribution in [-0.2, 0) is 23.2 Å². The predicted molar refractivity (Wildman–Crippen MR) is 46.2 cm³/mol. The van der Waals surface area contributed by atoms with Gasteiger partial charge in [0, 0.05) is 0 Å². The molecule has 0 atom stereocenters. The van der Waals surface area contributed by atoms with Gasteiger partial charge in [0.25, 0.3) is 0 Å². The van der Waals surface area contributed by atoms with Gasteiger partial charge in [-0.15, -0.1) is 0 Å². The summed E-state index contributed by atoms with van der Waals surface area (Å²) in [6, 6.07) is 0. The van der Waals surface area contributed by atoms with Crippen LogP contribution < -0.4 is 0 Å². The molecule has 0 aromatic heterocycles. The van der Waals surface area contributed by atoms with Crippen LogP contribution in [0.2, 0.25) is 0 Å². The third kappa shape index (κ3) is 0.993. The molecular weight excluding hydrogens is 223 g/mol. The minimum absolute atomic E-state index is 0.280. The molecular formula is C11H10Zr. The van der Waals surface area contributed by atoms with E-state index in [4.69, 9.17) is 0 Å². The van der Waals surface area contributed by atoms with E-state index in [2.05, 4.69) is 24.3 Å². The molecule has 0 N–H and O–H groups in total. The fraction of sp³-hybridized carbons (Fsp3) is 0.273. The second-order valence-corrected chi connectivity index (χ2v) is 7.10. The predicted octanol–water partition coefficient (Wildman–Crippen LogP) is 2.90. The molecule has 1 aliphatic heterocycles. The molecule has 58 valence electrons. The summed E-state index contributed by atoms with van der Waals surface area (Å²) in [6.07, 6.45) is 13.2. The topological polar surface area (TPSA) is 0 Å². The Bertz CT molecular complexity index is 319. The average Bonchev–Trinajstić information content (AvgIpc) is 2.64. The standard InChI is InChI=1S/C11H10.Zr/c1-2-6-10(5-1)9-11-7-3-4-8-11;/h1,3,5,7H,2,4,9H2;. The van der Waals surface area contributed by atoms with Gasteiger partial charge in [-0.1, -0.05) is 0 Å². The molecule has 0 aromatic rings. The zero-order chi connectivity index (χ0) is 7.97. The summed E-state index contributed by atoms with van der Waals surface area (Å²) >= 11 is -0.280. The number of rotatable bonds is 0. The van der Waals surface area contributed by atoms with Crippen molar-refractivity contribution >= 4 is 0 Å².